The molecule has 0 saturated carbocycles. The Kier molecular flexibility index (Phi) is 3.55. The van der Waals surface area contributed by atoms with Crippen LogP contribution < -0.4 is 11.1 Å². The van der Waals surface area contributed by atoms with E-state index in [0.717, 1.165) is 23.0 Å². The molecule has 1 fully saturated rings. The quantitative estimate of drug-likeness (QED) is 0.652. The van der Waals surface area contributed by atoms with Crippen molar-refractivity contribution < 1.29 is 0 Å². The lowest BCUT2D eigenvalue weighted by Gasteiger charge is -2.41. The van der Waals surface area contributed by atoms with E-state index in [1.54, 1.807) is 16.9 Å². The highest BCUT2D eigenvalue weighted by Crippen LogP contribution is 2.45. The van der Waals surface area contributed by atoms with E-state index in [1.165, 1.54) is 37.2 Å². The van der Waals surface area contributed by atoms with E-state index in [0.29, 0.717) is 11.8 Å². The molecule has 5 heterocycles. The third-order valence-corrected chi connectivity index (χ3v) is 6.56. The van der Waals surface area contributed by atoms with Crippen LogP contribution in [0.1, 0.15) is 29.2 Å². The van der Waals surface area contributed by atoms with E-state index in [1.807, 2.05) is 17.5 Å². The fraction of sp³-hybridized carbons (Fsp3) is 0.350. The molecule has 25 heavy (non-hydrogen) atoms. The van der Waals surface area contributed by atoms with Gasteiger partial charge in [-0.25, -0.2) is 4.99 Å². The Morgan fingerprint density at radius 3 is 2.84 bits per heavy atom. The van der Waals surface area contributed by atoms with Gasteiger partial charge in [0, 0.05) is 31.2 Å². The maximum absolute atomic E-state index is 6.13. The molecule has 4 aliphatic heterocycles. The second kappa shape index (κ2) is 5.92. The van der Waals surface area contributed by atoms with Gasteiger partial charge in [-0.15, -0.1) is 11.3 Å². The van der Waals surface area contributed by atoms with Crippen LogP contribution in [0.3, 0.4) is 0 Å². The van der Waals surface area contributed by atoms with Gasteiger partial charge in [0.15, 0.2) is 0 Å². The normalized spacial score (nSPS) is 22.7. The van der Waals surface area contributed by atoms with Crippen molar-refractivity contribution in [3.8, 4) is 0 Å². The van der Waals surface area contributed by atoms with Gasteiger partial charge in [-0.05, 0) is 59.7 Å². The van der Waals surface area contributed by atoms with Gasteiger partial charge in [0.1, 0.15) is 5.84 Å². The summed E-state index contributed by atoms with van der Waals surface area (Å²) >= 11 is 1.62. The predicted molar refractivity (Wildman–Crippen MR) is 105 cm³/mol. The molecule has 0 spiro atoms. The predicted octanol–water partition coefficient (Wildman–Crippen LogP) is 3.90. The highest BCUT2D eigenvalue weighted by Gasteiger charge is 2.35. The molecule has 128 valence electrons. The van der Waals surface area contributed by atoms with E-state index in [4.69, 9.17) is 5.73 Å². The third-order valence-electron chi connectivity index (χ3n) is 5.67. The second-order valence-electron chi connectivity index (χ2n) is 7.12. The Morgan fingerprint density at radius 2 is 2.12 bits per heavy atom. The Hall–Kier alpha value is -2.27. The third kappa shape index (κ3) is 2.63. The number of nitrogens with one attached hydrogen (secondary N) is 1. The van der Waals surface area contributed by atoms with E-state index in [-0.39, 0.29) is 0 Å². The monoisotopic (exact) mass is 350 g/mol. The first-order chi connectivity index (χ1) is 12.3. The molecule has 5 heteroatoms. The number of amidine groups is 1. The number of piperidine rings is 1. The lowest BCUT2D eigenvalue weighted by Crippen LogP contribution is -2.37. The van der Waals surface area contributed by atoms with Gasteiger partial charge in [0.25, 0.3) is 0 Å². The summed E-state index contributed by atoms with van der Waals surface area (Å²) in [5, 5.41) is 5.61. The minimum absolute atomic E-state index is 0.510. The van der Waals surface area contributed by atoms with Crippen LogP contribution in [0.15, 0.2) is 52.5 Å². The standard InChI is InChI=1S/C20H22N4S/c21-20(19-2-1-9-25-19)23-14-3-4-15-16(11-22-18(15)10-14)17-12-24-7-5-13(17)6-8-24/h1-4,9-10,12-13,16,22H,5-8,11H2,(H2,21,23). The van der Waals surface area contributed by atoms with Gasteiger partial charge >= 0.3 is 0 Å². The van der Waals surface area contributed by atoms with Crippen LogP contribution in [0.5, 0.6) is 0 Å². The molecule has 1 saturated heterocycles. The average molecular weight is 350 g/mol. The van der Waals surface area contributed by atoms with Crippen molar-refractivity contribution in [2.24, 2.45) is 16.6 Å². The van der Waals surface area contributed by atoms with Crippen molar-refractivity contribution in [1.29, 1.82) is 0 Å². The van der Waals surface area contributed by atoms with Crippen LogP contribution in [0.25, 0.3) is 0 Å². The van der Waals surface area contributed by atoms with Crippen LogP contribution in [-0.2, 0) is 0 Å². The summed E-state index contributed by atoms with van der Waals surface area (Å²) in [5.41, 5.74) is 11.3. The van der Waals surface area contributed by atoms with Crippen molar-refractivity contribution in [2.45, 2.75) is 18.8 Å². The zero-order chi connectivity index (χ0) is 16.8. The number of thiophene rings is 1. The number of anilines is 1. The van der Waals surface area contributed by atoms with E-state index in [9.17, 15) is 0 Å². The Labute approximate surface area is 152 Å². The molecule has 2 bridgehead atoms. The Balaban J connectivity index is 1.44. The molecule has 6 rings (SSSR count). The molecule has 0 amide bonds. The fourth-order valence-electron chi connectivity index (χ4n) is 4.36. The molecule has 3 N–H and O–H groups in total. The smallest absolute Gasteiger partial charge is 0.141 e. The Morgan fingerprint density at radius 1 is 1.24 bits per heavy atom. The number of benzene rings is 1. The van der Waals surface area contributed by atoms with Gasteiger partial charge in [-0.2, -0.15) is 0 Å². The van der Waals surface area contributed by atoms with E-state index in [2.05, 4.69) is 39.6 Å². The summed E-state index contributed by atoms with van der Waals surface area (Å²) in [6, 6.07) is 10.5. The van der Waals surface area contributed by atoms with Crippen LogP contribution in [-0.4, -0.2) is 30.4 Å². The number of nitrogens with zero attached hydrogens (tertiary/aromatic N) is 2. The number of hydrogen-bond acceptors (Lipinski definition) is 4. The molecule has 1 aromatic carbocycles. The van der Waals surface area contributed by atoms with Gasteiger partial charge in [0.05, 0.1) is 10.6 Å². The van der Waals surface area contributed by atoms with Gasteiger partial charge in [-0.3, -0.25) is 0 Å². The van der Waals surface area contributed by atoms with Gasteiger partial charge in [-0.1, -0.05) is 12.1 Å². The van der Waals surface area contributed by atoms with Crippen LogP contribution >= 0.6 is 11.3 Å². The molecule has 0 radical (unpaired) electrons. The van der Waals surface area contributed by atoms with E-state index < -0.39 is 0 Å². The first-order valence-electron chi connectivity index (χ1n) is 8.99. The SMILES string of the molecule is NC(=Nc1ccc2c(c1)NCC2C1=CN2CCC1CC2)c1cccs1. The van der Waals surface area contributed by atoms with Crippen molar-refractivity contribution in [2.75, 3.05) is 25.0 Å². The summed E-state index contributed by atoms with van der Waals surface area (Å²) in [7, 11) is 0. The minimum Gasteiger partial charge on any atom is -0.384 e. The fourth-order valence-corrected chi connectivity index (χ4v) is 4.99. The van der Waals surface area contributed by atoms with Crippen LogP contribution in [0.2, 0.25) is 0 Å². The molecule has 1 atom stereocenters. The molecular weight excluding hydrogens is 328 g/mol. The van der Waals surface area contributed by atoms with Crippen LogP contribution in [0, 0.1) is 5.92 Å². The summed E-state index contributed by atoms with van der Waals surface area (Å²) in [6.45, 7) is 3.47. The second-order valence-corrected chi connectivity index (χ2v) is 8.07. The zero-order valence-electron chi connectivity index (χ0n) is 14.1. The maximum atomic E-state index is 6.13. The summed E-state index contributed by atoms with van der Waals surface area (Å²) in [5.74, 6) is 1.87. The molecule has 4 nitrogen and oxygen atoms in total. The first-order valence-corrected chi connectivity index (χ1v) is 9.87. The van der Waals surface area contributed by atoms with Crippen molar-refractivity contribution in [3.05, 3.63) is 57.9 Å². The van der Waals surface area contributed by atoms with Crippen LogP contribution in [0.4, 0.5) is 11.4 Å². The molecule has 4 aliphatic rings. The molecule has 0 aliphatic carbocycles. The average Bonchev–Trinajstić information content (AvgIpc) is 3.32. The highest BCUT2D eigenvalue weighted by atomic mass is 32.1. The molecular formula is C20H22N4S. The lowest BCUT2D eigenvalue weighted by molar-refractivity contribution is 0.223. The number of nitrogens with two attached hydrogens (primary N) is 1. The highest BCUT2D eigenvalue weighted by molar-refractivity contribution is 7.12. The van der Waals surface area contributed by atoms with Crippen molar-refractivity contribution >= 4 is 28.5 Å². The maximum Gasteiger partial charge on any atom is 0.141 e. The van der Waals surface area contributed by atoms with Crippen molar-refractivity contribution in [3.63, 3.8) is 0 Å². The number of hydrogen-bond donors (Lipinski definition) is 2. The molecule has 1 unspecified atom stereocenters. The molecule has 2 aromatic rings. The number of aliphatic imine (C=N–C) groups is 1. The van der Waals surface area contributed by atoms with Gasteiger partial charge < -0.3 is 16.0 Å². The topological polar surface area (TPSA) is 53.6 Å². The first kappa shape index (κ1) is 15.0. The Bertz CT molecular complexity index is 845. The van der Waals surface area contributed by atoms with E-state index >= 15 is 0 Å². The minimum atomic E-state index is 0.510. The lowest BCUT2D eigenvalue weighted by atomic mass is 9.77. The summed E-state index contributed by atoms with van der Waals surface area (Å²) < 4.78 is 0. The number of rotatable bonds is 3. The molecule has 1 aromatic heterocycles. The van der Waals surface area contributed by atoms with Gasteiger partial charge in [0.2, 0.25) is 0 Å². The summed E-state index contributed by atoms with van der Waals surface area (Å²) in [4.78, 5) is 8.11. The van der Waals surface area contributed by atoms with Crippen molar-refractivity contribution in [1.82, 2.24) is 4.90 Å². The largest absolute Gasteiger partial charge is 0.384 e. The number of fused-ring (bicyclic) bond motifs is 3. The zero-order valence-corrected chi connectivity index (χ0v) is 14.9. The summed E-state index contributed by atoms with van der Waals surface area (Å²) in [6.07, 6.45) is 5.06.